The summed E-state index contributed by atoms with van der Waals surface area (Å²) in [6.07, 6.45) is 0.988. The van der Waals surface area contributed by atoms with E-state index < -0.39 is 0 Å². The zero-order chi connectivity index (χ0) is 11.3. The fourth-order valence-electron chi connectivity index (χ4n) is 1.34. The van der Waals surface area contributed by atoms with Crippen LogP contribution in [0.3, 0.4) is 0 Å². The second kappa shape index (κ2) is 5.88. The van der Waals surface area contributed by atoms with E-state index in [1.165, 1.54) is 10.4 Å². The Bertz CT molecular complexity index is 333. The molecule has 1 aromatic rings. The average Bonchev–Trinajstić information content (AvgIpc) is 2.60. The number of hydrogen-bond acceptors (Lipinski definition) is 3. The minimum atomic E-state index is -0.000139. The lowest BCUT2D eigenvalue weighted by molar-refractivity contribution is 0.0941. The standard InChI is InChI=1S/C11H17NO2S/c1-4-9-8(2)7-10(15-9)11(13)12-5-6-14-3/h7H,4-6H2,1-3H3,(H,12,13). The zero-order valence-corrected chi connectivity index (χ0v) is 10.2. The van der Waals surface area contributed by atoms with Crippen molar-refractivity contribution in [3.8, 4) is 0 Å². The summed E-state index contributed by atoms with van der Waals surface area (Å²) in [7, 11) is 1.62. The fraction of sp³-hybridized carbons (Fsp3) is 0.545. The Morgan fingerprint density at radius 2 is 2.33 bits per heavy atom. The number of nitrogens with one attached hydrogen (secondary N) is 1. The van der Waals surface area contributed by atoms with E-state index >= 15 is 0 Å². The first kappa shape index (κ1) is 12.2. The monoisotopic (exact) mass is 227 g/mol. The van der Waals surface area contributed by atoms with Crippen molar-refractivity contribution >= 4 is 17.2 Å². The van der Waals surface area contributed by atoms with Crippen LogP contribution >= 0.6 is 11.3 Å². The van der Waals surface area contributed by atoms with Crippen molar-refractivity contribution in [2.75, 3.05) is 20.3 Å². The normalized spacial score (nSPS) is 10.3. The largest absolute Gasteiger partial charge is 0.383 e. The van der Waals surface area contributed by atoms with Crippen molar-refractivity contribution < 1.29 is 9.53 Å². The maximum absolute atomic E-state index is 11.6. The summed E-state index contributed by atoms with van der Waals surface area (Å²) in [5.74, 6) is -0.000139. The molecule has 0 fully saturated rings. The molecule has 0 atom stereocenters. The molecule has 0 saturated heterocycles. The molecule has 0 aliphatic carbocycles. The molecule has 3 nitrogen and oxygen atoms in total. The maximum Gasteiger partial charge on any atom is 0.261 e. The van der Waals surface area contributed by atoms with Crippen LogP contribution in [-0.2, 0) is 11.2 Å². The van der Waals surface area contributed by atoms with E-state index in [1.54, 1.807) is 18.4 Å². The highest BCUT2D eigenvalue weighted by molar-refractivity contribution is 7.14. The van der Waals surface area contributed by atoms with Crippen molar-refractivity contribution in [1.29, 1.82) is 0 Å². The van der Waals surface area contributed by atoms with Gasteiger partial charge in [-0.2, -0.15) is 0 Å². The van der Waals surface area contributed by atoms with Gasteiger partial charge in [-0.15, -0.1) is 11.3 Å². The van der Waals surface area contributed by atoms with Crippen molar-refractivity contribution in [3.63, 3.8) is 0 Å². The number of aryl methyl sites for hydroxylation is 2. The van der Waals surface area contributed by atoms with Gasteiger partial charge >= 0.3 is 0 Å². The van der Waals surface area contributed by atoms with Crippen LogP contribution in [0.2, 0.25) is 0 Å². The van der Waals surface area contributed by atoms with Gasteiger partial charge in [0, 0.05) is 18.5 Å². The van der Waals surface area contributed by atoms with Crippen molar-refractivity contribution in [2.24, 2.45) is 0 Å². The first-order valence-electron chi connectivity index (χ1n) is 5.05. The fourth-order valence-corrected chi connectivity index (χ4v) is 2.37. The Kier molecular flexibility index (Phi) is 4.78. The van der Waals surface area contributed by atoms with Gasteiger partial charge in [-0.25, -0.2) is 0 Å². The molecule has 1 heterocycles. The van der Waals surface area contributed by atoms with Crippen molar-refractivity contribution in [3.05, 3.63) is 21.4 Å². The lowest BCUT2D eigenvalue weighted by Crippen LogP contribution is -2.26. The van der Waals surface area contributed by atoms with Crippen LogP contribution in [0, 0.1) is 6.92 Å². The Morgan fingerprint density at radius 3 is 2.87 bits per heavy atom. The number of rotatable bonds is 5. The third kappa shape index (κ3) is 3.32. The lowest BCUT2D eigenvalue weighted by Gasteiger charge is -2.01. The molecule has 0 aliphatic rings. The molecule has 1 aromatic heterocycles. The van der Waals surface area contributed by atoms with Crippen LogP contribution in [-0.4, -0.2) is 26.2 Å². The van der Waals surface area contributed by atoms with E-state index in [0.29, 0.717) is 13.2 Å². The van der Waals surface area contributed by atoms with Gasteiger partial charge in [0.2, 0.25) is 0 Å². The second-order valence-corrected chi connectivity index (χ2v) is 4.46. The molecule has 1 rings (SSSR count). The summed E-state index contributed by atoms with van der Waals surface area (Å²) in [5.41, 5.74) is 1.21. The Labute approximate surface area is 94.5 Å². The van der Waals surface area contributed by atoms with Gasteiger partial charge in [0.15, 0.2) is 0 Å². The van der Waals surface area contributed by atoms with Crippen molar-refractivity contribution in [2.45, 2.75) is 20.3 Å². The summed E-state index contributed by atoms with van der Waals surface area (Å²) >= 11 is 1.57. The molecular formula is C11H17NO2S. The van der Waals surface area contributed by atoms with Gasteiger partial charge in [-0.1, -0.05) is 6.92 Å². The quantitative estimate of drug-likeness (QED) is 0.781. The van der Waals surface area contributed by atoms with E-state index in [0.717, 1.165) is 11.3 Å². The van der Waals surface area contributed by atoms with Gasteiger partial charge in [0.25, 0.3) is 5.91 Å². The van der Waals surface area contributed by atoms with Gasteiger partial charge in [0.05, 0.1) is 11.5 Å². The molecule has 0 bridgehead atoms. The molecule has 1 amide bonds. The molecule has 1 N–H and O–H groups in total. The minimum absolute atomic E-state index is 0.000139. The first-order chi connectivity index (χ1) is 7.19. The first-order valence-corrected chi connectivity index (χ1v) is 5.87. The third-order valence-corrected chi connectivity index (χ3v) is 3.54. The summed E-state index contributed by atoms with van der Waals surface area (Å²) in [6.45, 7) is 5.26. The van der Waals surface area contributed by atoms with E-state index in [1.807, 2.05) is 13.0 Å². The molecule has 0 aromatic carbocycles. The molecule has 4 heteroatoms. The van der Waals surface area contributed by atoms with Crippen LogP contribution < -0.4 is 5.32 Å². The number of hydrogen-bond donors (Lipinski definition) is 1. The Balaban J connectivity index is 2.58. The van der Waals surface area contributed by atoms with Crippen LogP contribution in [0.1, 0.15) is 27.0 Å². The minimum Gasteiger partial charge on any atom is -0.383 e. The summed E-state index contributed by atoms with van der Waals surface area (Å²) < 4.78 is 4.87. The lowest BCUT2D eigenvalue weighted by atomic mass is 10.2. The highest BCUT2D eigenvalue weighted by Crippen LogP contribution is 2.21. The van der Waals surface area contributed by atoms with Gasteiger partial charge < -0.3 is 10.1 Å². The Hall–Kier alpha value is -0.870. The summed E-state index contributed by atoms with van der Waals surface area (Å²) in [6, 6.07) is 1.95. The van der Waals surface area contributed by atoms with E-state index in [4.69, 9.17) is 4.74 Å². The van der Waals surface area contributed by atoms with Crippen LogP contribution in [0.15, 0.2) is 6.07 Å². The maximum atomic E-state index is 11.6. The number of carbonyl (C=O) groups excluding carboxylic acids is 1. The molecule has 0 radical (unpaired) electrons. The van der Waals surface area contributed by atoms with E-state index in [2.05, 4.69) is 12.2 Å². The molecule has 0 spiro atoms. The number of methoxy groups -OCH3 is 1. The SMILES string of the molecule is CCc1sc(C(=O)NCCOC)cc1C. The predicted molar refractivity (Wildman–Crippen MR) is 62.6 cm³/mol. The number of amides is 1. The molecule has 0 saturated carbocycles. The third-order valence-electron chi connectivity index (χ3n) is 2.16. The topological polar surface area (TPSA) is 38.3 Å². The number of ether oxygens (including phenoxy) is 1. The summed E-state index contributed by atoms with van der Waals surface area (Å²) in [5, 5.41) is 2.81. The Morgan fingerprint density at radius 1 is 1.60 bits per heavy atom. The van der Waals surface area contributed by atoms with Crippen LogP contribution in [0.4, 0.5) is 0 Å². The van der Waals surface area contributed by atoms with Crippen LogP contribution in [0.25, 0.3) is 0 Å². The average molecular weight is 227 g/mol. The van der Waals surface area contributed by atoms with Gasteiger partial charge in [0.1, 0.15) is 0 Å². The zero-order valence-electron chi connectivity index (χ0n) is 9.42. The summed E-state index contributed by atoms with van der Waals surface area (Å²) in [4.78, 5) is 13.7. The molecule has 0 unspecified atom stereocenters. The number of carbonyl (C=O) groups is 1. The van der Waals surface area contributed by atoms with E-state index in [9.17, 15) is 4.79 Å². The van der Waals surface area contributed by atoms with E-state index in [-0.39, 0.29) is 5.91 Å². The predicted octanol–water partition coefficient (Wildman–Crippen LogP) is 2.00. The molecule has 15 heavy (non-hydrogen) atoms. The van der Waals surface area contributed by atoms with Crippen LogP contribution in [0.5, 0.6) is 0 Å². The highest BCUT2D eigenvalue weighted by Gasteiger charge is 2.10. The number of thiophene rings is 1. The second-order valence-electron chi connectivity index (χ2n) is 3.32. The molecule has 84 valence electrons. The van der Waals surface area contributed by atoms with Gasteiger partial charge in [-0.3, -0.25) is 4.79 Å². The highest BCUT2D eigenvalue weighted by atomic mass is 32.1. The van der Waals surface area contributed by atoms with Gasteiger partial charge in [-0.05, 0) is 25.0 Å². The molecular weight excluding hydrogens is 210 g/mol. The van der Waals surface area contributed by atoms with Crippen molar-refractivity contribution in [1.82, 2.24) is 5.32 Å². The smallest absolute Gasteiger partial charge is 0.261 e. The molecule has 0 aliphatic heterocycles.